The van der Waals surface area contributed by atoms with Crippen LogP contribution in [0.4, 0.5) is 5.69 Å². The lowest BCUT2D eigenvalue weighted by Gasteiger charge is -2.34. The Morgan fingerprint density at radius 1 is 1.24 bits per heavy atom. The predicted octanol–water partition coefficient (Wildman–Crippen LogP) is 2.57. The van der Waals surface area contributed by atoms with Crippen LogP contribution in [0.1, 0.15) is 45.1 Å². The molecule has 6 heteroatoms. The van der Waals surface area contributed by atoms with Crippen molar-refractivity contribution in [1.82, 2.24) is 0 Å². The van der Waals surface area contributed by atoms with Crippen LogP contribution in [-0.4, -0.2) is 14.5 Å². The van der Waals surface area contributed by atoms with Gasteiger partial charge in [0.1, 0.15) is 5.75 Å². The van der Waals surface area contributed by atoms with Crippen molar-refractivity contribution >= 4 is 15.7 Å². The molecular formula is C15H24N2O3S. The third kappa shape index (κ3) is 3.89. The van der Waals surface area contributed by atoms with Gasteiger partial charge in [-0.25, -0.2) is 13.6 Å². The molecule has 0 radical (unpaired) electrons. The molecule has 0 atom stereocenters. The zero-order valence-electron chi connectivity index (χ0n) is 12.8. The Morgan fingerprint density at radius 3 is 2.33 bits per heavy atom. The Hall–Kier alpha value is -1.27. The van der Waals surface area contributed by atoms with Crippen LogP contribution >= 0.6 is 0 Å². The van der Waals surface area contributed by atoms with Gasteiger partial charge in [-0.3, -0.25) is 0 Å². The van der Waals surface area contributed by atoms with E-state index >= 15 is 0 Å². The molecule has 0 saturated heterocycles. The Labute approximate surface area is 126 Å². The van der Waals surface area contributed by atoms with Crippen molar-refractivity contribution in [3.05, 3.63) is 17.7 Å². The van der Waals surface area contributed by atoms with Crippen LogP contribution < -0.4 is 15.6 Å². The van der Waals surface area contributed by atoms with E-state index in [0.29, 0.717) is 22.4 Å². The summed E-state index contributed by atoms with van der Waals surface area (Å²) in [6, 6.07) is 3.05. The summed E-state index contributed by atoms with van der Waals surface area (Å²) in [6.45, 7) is 6.21. The van der Waals surface area contributed by atoms with E-state index in [4.69, 9.17) is 15.6 Å². The van der Waals surface area contributed by atoms with Crippen LogP contribution in [0.3, 0.4) is 0 Å². The molecule has 118 valence electrons. The molecule has 5 nitrogen and oxygen atoms in total. The molecule has 1 aromatic rings. The van der Waals surface area contributed by atoms with E-state index < -0.39 is 10.0 Å². The van der Waals surface area contributed by atoms with Crippen LogP contribution in [0.2, 0.25) is 0 Å². The smallest absolute Gasteiger partial charge is 0.238 e. The molecule has 0 spiro atoms. The molecule has 0 bridgehead atoms. The first-order chi connectivity index (χ1) is 9.58. The molecule has 0 unspecified atom stereocenters. The average molecular weight is 312 g/mol. The van der Waals surface area contributed by atoms with Gasteiger partial charge in [0, 0.05) is 17.3 Å². The lowest BCUT2D eigenvalue weighted by atomic mass is 9.76. The van der Waals surface area contributed by atoms with Crippen molar-refractivity contribution in [3.8, 4) is 5.75 Å². The molecule has 0 amide bonds. The molecule has 0 heterocycles. The number of anilines is 1. The Balaban J connectivity index is 2.23. The monoisotopic (exact) mass is 312 g/mol. The number of rotatable bonds is 3. The molecule has 1 aliphatic rings. The number of primary sulfonamides is 1. The van der Waals surface area contributed by atoms with Crippen molar-refractivity contribution in [2.45, 2.75) is 57.5 Å². The molecule has 4 N–H and O–H groups in total. The molecular weight excluding hydrogens is 288 g/mol. The summed E-state index contributed by atoms with van der Waals surface area (Å²) < 4.78 is 29.2. The number of ether oxygens (including phenoxy) is 1. The van der Waals surface area contributed by atoms with Crippen molar-refractivity contribution in [2.24, 2.45) is 10.6 Å². The normalized spacial score (nSPS) is 19.4. The first kappa shape index (κ1) is 16.1. The number of nitrogens with two attached hydrogens (primary N) is 2. The van der Waals surface area contributed by atoms with Crippen LogP contribution in [0.5, 0.6) is 5.75 Å². The Kier molecular flexibility index (Phi) is 4.22. The number of hydrogen-bond donors (Lipinski definition) is 2. The van der Waals surface area contributed by atoms with E-state index in [1.807, 2.05) is 0 Å². The summed E-state index contributed by atoms with van der Waals surface area (Å²) >= 11 is 0. The first-order valence-corrected chi connectivity index (χ1v) is 8.73. The van der Waals surface area contributed by atoms with Crippen LogP contribution in [0, 0.1) is 12.3 Å². The lowest BCUT2D eigenvalue weighted by Crippen LogP contribution is -2.28. The molecule has 0 aliphatic heterocycles. The summed E-state index contributed by atoms with van der Waals surface area (Å²) in [6.07, 6.45) is 4.23. The third-order valence-electron chi connectivity index (χ3n) is 4.22. The van der Waals surface area contributed by atoms with Gasteiger partial charge in [0.25, 0.3) is 0 Å². The van der Waals surface area contributed by atoms with E-state index in [2.05, 4.69) is 13.8 Å². The topological polar surface area (TPSA) is 95.4 Å². The molecule has 1 fully saturated rings. The quantitative estimate of drug-likeness (QED) is 0.838. The molecule has 1 aliphatic carbocycles. The van der Waals surface area contributed by atoms with Gasteiger partial charge in [0.15, 0.2) is 0 Å². The highest BCUT2D eigenvalue weighted by Gasteiger charge is 2.28. The highest BCUT2D eigenvalue weighted by Crippen LogP contribution is 2.38. The average Bonchev–Trinajstić information content (AvgIpc) is 2.34. The van der Waals surface area contributed by atoms with Gasteiger partial charge in [0.05, 0.1) is 11.0 Å². The SMILES string of the molecule is Cc1c(OC2CCC(C)(C)CC2)cc(N)cc1S(N)(=O)=O. The van der Waals surface area contributed by atoms with Gasteiger partial charge in [-0.15, -0.1) is 0 Å². The standard InChI is InChI=1S/C15H24N2O3S/c1-10-13(8-11(16)9-14(10)21(17,18)19)20-12-4-6-15(2,3)7-5-12/h8-9,12H,4-7,16H2,1-3H3,(H2,17,18,19). The summed E-state index contributed by atoms with van der Waals surface area (Å²) in [5.74, 6) is 0.517. The third-order valence-corrected chi connectivity index (χ3v) is 5.26. The van der Waals surface area contributed by atoms with Gasteiger partial charge in [0.2, 0.25) is 10.0 Å². The predicted molar refractivity (Wildman–Crippen MR) is 83.6 cm³/mol. The molecule has 2 rings (SSSR count). The highest BCUT2D eigenvalue weighted by molar-refractivity contribution is 7.89. The molecule has 1 aromatic carbocycles. The fourth-order valence-corrected chi connectivity index (χ4v) is 3.60. The maximum Gasteiger partial charge on any atom is 0.238 e. The van der Waals surface area contributed by atoms with Gasteiger partial charge < -0.3 is 10.5 Å². The summed E-state index contributed by atoms with van der Waals surface area (Å²) in [7, 11) is -3.80. The van der Waals surface area contributed by atoms with E-state index in [1.165, 1.54) is 6.07 Å². The molecule has 21 heavy (non-hydrogen) atoms. The zero-order chi connectivity index (χ0) is 15.8. The van der Waals surface area contributed by atoms with Crippen molar-refractivity contribution < 1.29 is 13.2 Å². The number of benzene rings is 1. The summed E-state index contributed by atoms with van der Waals surface area (Å²) in [5, 5.41) is 5.23. The summed E-state index contributed by atoms with van der Waals surface area (Å²) in [5.41, 5.74) is 7.00. The number of hydrogen-bond acceptors (Lipinski definition) is 4. The van der Waals surface area contributed by atoms with E-state index in [-0.39, 0.29) is 11.0 Å². The second kappa shape index (κ2) is 5.50. The van der Waals surface area contributed by atoms with E-state index in [9.17, 15) is 8.42 Å². The van der Waals surface area contributed by atoms with Crippen molar-refractivity contribution in [1.29, 1.82) is 0 Å². The minimum atomic E-state index is -3.80. The second-order valence-electron chi connectivity index (χ2n) is 6.67. The van der Waals surface area contributed by atoms with Gasteiger partial charge >= 0.3 is 0 Å². The number of sulfonamides is 1. The minimum absolute atomic E-state index is 0.0358. The van der Waals surface area contributed by atoms with Crippen molar-refractivity contribution in [2.75, 3.05) is 5.73 Å². The lowest BCUT2D eigenvalue weighted by molar-refractivity contribution is 0.0980. The second-order valence-corrected chi connectivity index (χ2v) is 8.20. The van der Waals surface area contributed by atoms with E-state index in [0.717, 1.165) is 25.7 Å². The fourth-order valence-electron chi connectivity index (χ4n) is 2.77. The van der Waals surface area contributed by atoms with Gasteiger partial charge in [-0.05, 0) is 44.1 Å². The maximum absolute atomic E-state index is 11.6. The minimum Gasteiger partial charge on any atom is -0.490 e. The van der Waals surface area contributed by atoms with Crippen molar-refractivity contribution in [3.63, 3.8) is 0 Å². The Morgan fingerprint density at radius 2 is 1.81 bits per heavy atom. The molecule has 1 saturated carbocycles. The van der Waals surface area contributed by atoms with E-state index in [1.54, 1.807) is 13.0 Å². The molecule has 0 aromatic heterocycles. The Bertz CT molecular complexity index is 629. The number of nitrogen functional groups attached to an aromatic ring is 1. The summed E-state index contributed by atoms with van der Waals surface area (Å²) in [4.78, 5) is 0.0358. The first-order valence-electron chi connectivity index (χ1n) is 7.18. The van der Waals surface area contributed by atoms with Crippen LogP contribution in [-0.2, 0) is 10.0 Å². The zero-order valence-corrected chi connectivity index (χ0v) is 13.7. The highest BCUT2D eigenvalue weighted by atomic mass is 32.2. The maximum atomic E-state index is 11.6. The van der Waals surface area contributed by atoms with Gasteiger partial charge in [-0.2, -0.15) is 0 Å². The van der Waals surface area contributed by atoms with Gasteiger partial charge in [-0.1, -0.05) is 13.8 Å². The fraction of sp³-hybridized carbons (Fsp3) is 0.600. The van der Waals surface area contributed by atoms with Crippen LogP contribution in [0.15, 0.2) is 17.0 Å². The largest absolute Gasteiger partial charge is 0.490 e. The van der Waals surface area contributed by atoms with Crippen LogP contribution in [0.25, 0.3) is 0 Å².